The number of rotatable bonds is 9. The minimum Gasteiger partial charge on any atom is -0.484 e. The Bertz CT molecular complexity index is 1170. The molecule has 174 valence electrons. The van der Waals surface area contributed by atoms with E-state index in [1.807, 2.05) is 31.2 Å². The zero-order chi connectivity index (χ0) is 24.0. The van der Waals surface area contributed by atoms with Crippen LogP contribution in [0.5, 0.6) is 5.75 Å². The zero-order valence-electron chi connectivity index (χ0n) is 19.4. The Morgan fingerprint density at radius 3 is 2.09 bits per heavy atom. The van der Waals surface area contributed by atoms with Crippen molar-refractivity contribution in [2.75, 3.05) is 22.8 Å². The van der Waals surface area contributed by atoms with Gasteiger partial charge >= 0.3 is 0 Å². The van der Waals surface area contributed by atoms with Crippen molar-refractivity contribution < 1.29 is 17.9 Å². The Balaban J connectivity index is 1.62. The SMILES string of the molecule is CCN(c1ccc(OCC(=O)Nc2ccc(C(C)C)cc2)cc1)S(=O)(=O)c1ccc(C)cc1. The van der Waals surface area contributed by atoms with Gasteiger partial charge in [0.2, 0.25) is 0 Å². The summed E-state index contributed by atoms with van der Waals surface area (Å²) in [6, 6.07) is 21.2. The van der Waals surface area contributed by atoms with Crippen molar-refractivity contribution in [2.24, 2.45) is 0 Å². The molecule has 0 spiro atoms. The van der Waals surface area contributed by atoms with Crippen LogP contribution in [0.3, 0.4) is 0 Å². The number of carbonyl (C=O) groups excluding carboxylic acids is 1. The van der Waals surface area contributed by atoms with Gasteiger partial charge in [0.05, 0.1) is 10.6 Å². The van der Waals surface area contributed by atoms with Gasteiger partial charge in [-0.15, -0.1) is 0 Å². The van der Waals surface area contributed by atoms with Crippen molar-refractivity contribution >= 4 is 27.3 Å². The van der Waals surface area contributed by atoms with Gasteiger partial charge in [-0.2, -0.15) is 0 Å². The van der Waals surface area contributed by atoms with Gasteiger partial charge in [-0.1, -0.05) is 43.7 Å². The summed E-state index contributed by atoms with van der Waals surface area (Å²) in [7, 11) is -3.67. The monoisotopic (exact) mass is 466 g/mol. The van der Waals surface area contributed by atoms with Gasteiger partial charge in [0.1, 0.15) is 5.75 Å². The van der Waals surface area contributed by atoms with E-state index in [4.69, 9.17) is 4.74 Å². The molecule has 0 aliphatic heterocycles. The van der Waals surface area contributed by atoms with Crippen LogP contribution in [0.15, 0.2) is 77.7 Å². The number of hydrogen-bond donors (Lipinski definition) is 1. The average molecular weight is 467 g/mol. The van der Waals surface area contributed by atoms with Crippen LogP contribution in [0.4, 0.5) is 11.4 Å². The van der Waals surface area contributed by atoms with Crippen molar-refractivity contribution in [3.8, 4) is 5.75 Å². The van der Waals surface area contributed by atoms with E-state index in [0.717, 1.165) is 5.56 Å². The summed E-state index contributed by atoms with van der Waals surface area (Å²) in [6.45, 7) is 8.07. The molecule has 7 heteroatoms. The maximum Gasteiger partial charge on any atom is 0.264 e. The number of benzene rings is 3. The van der Waals surface area contributed by atoms with Gasteiger partial charge in [0.15, 0.2) is 6.61 Å². The lowest BCUT2D eigenvalue weighted by atomic mass is 10.0. The first-order valence-electron chi connectivity index (χ1n) is 10.9. The minimum atomic E-state index is -3.67. The predicted molar refractivity (Wildman–Crippen MR) is 132 cm³/mol. The molecule has 0 bridgehead atoms. The smallest absolute Gasteiger partial charge is 0.264 e. The molecular weight excluding hydrogens is 436 g/mol. The first-order valence-corrected chi connectivity index (χ1v) is 12.4. The number of aryl methyl sites for hydroxylation is 1. The number of nitrogens with one attached hydrogen (secondary N) is 1. The lowest BCUT2D eigenvalue weighted by Crippen LogP contribution is -2.30. The second kappa shape index (κ2) is 10.5. The van der Waals surface area contributed by atoms with E-state index in [1.165, 1.54) is 9.87 Å². The molecule has 1 amide bonds. The molecule has 0 heterocycles. The van der Waals surface area contributed by atoms with Crippen molar-refractivity contribution in [1.82, 2.24) is 0 Å². The number of anilines is 2. The minimum absolute atomic E-state index is 0.148. The van der Waals surface area contributed by atoms with Crippen LogP contribution < -0.4 is 14.4 Å². The summed E-state index contributed by atoms with van der Waals surface area (Å²) >= 11 is 0. The molecule has 1 N–H and O–H groups in total. The molecule has 0 unspecified atom stereocenters. The molecule has 3 aromatic carbocycles. The number of sulfonamides is 1. The predicted octanol–water partition coefficient (Wildman–Crippen LogP) is 5.35. The van der Waals surface area contributed by atoms with Gasteiger partial charge in [-0.05, 0) is 73.9 Å². The Morgan fingerprint density at radius 2 is 1.55 bits per heavy atom. The maximum atomic E-state index is 13.0. The molecule has 0 saturated carbocycles. The molecule has 33 heavy (non-hydrogen) atoms. The summed E-state index contributed by atoms with van der Waals surface area (Å²) in [5.74, 6) is 0.637. The number of ether oxygens (including phenoxy) is 1. The highest BCUT2D eigenvalue weighted by atomic mass is 32.2. The molecule has 0 atom stereocenters. The lowest BCUT2D eigenvalue weighted by Gasteiger charge is -2.23. The largest absolute Gasteiger partial charge is 0.484 e. The molecule has 3 aromatic rings. The van der Waals surface area contributed by atoms with Gasteiger partial charge < -0.3 is 10.1 Å². The van der Waals surface area contributed by atoms with Gasteiger partial charge in [0.25, 0.3) is 15.9 Å². The fourth-order valence-electron chi connectivity index (χ4n) is 3.33. The van der Waals surface area contributed by atoms with E-state index < -0.39 is 10.0 Å². The summed E-state index contributed by atoms with van der Waals surface area (Å²) in [6.07, 6.45) is 0. The molecule has 0 aromatic heterocycles. The Labute approximate surface area is 196 Å². The van der Waals surface area contributed by atoms with E-state index in [2.05, 4.69) is 19.2 Å². The Hall–Kier alpha value is -3.32. The first kappa shape index (κ1) is 24.3. The maximum absolute atomic E-state index is 13.0. The Kier molecular flexibility index (Phi) is 7.76. The molecular formula is C26H30N2O4S. The molecule has 0 radical (unpaired) electrons. The average Bonchev–Trinajstić information content (AvgIpc) is 2.79. The molecule has 0 saturated heterocycles. The number of hydrogen-bond acceptors (Lipinski definition) is 4. The number of nitrogens with zero attached hydrogens (tertiary/aromatic N) is 1. The quantitative estimate of drug-likeness (QED) is 0.461. The molecule has 0 aliphatic carbocycles. The third-order valence-corrected chi connectivity index (χ3v) is 7.17. The van der Waals surface area contributed by atoms with Gasteiger partial charge in [-0.3, -0.25) is 9.10 Å². The second-order valence-electron chi connectivity index (χ2n) is 8.09. The normalized spacial score (nSPS) is 11.3. The lowest BCUT2D eigenvalue weighted by molar-refractivity contribution is -0.118. The van der Waals surface area contributed by atoms with E-state index >= 15 is 0 Å². The van der Waals surface area contributed by atoms with Crippen LogP contribution >= 0.6 is 0 Å². The van der Waals surface area contributed by atoms with Gasteiger partial charge in [-0.25, -0.2) is 8.42 Å². The topological polar surface area (TPSA) is 75.7 Å². The summed E-state index contributed by atoms with van der Waals surface area (Å²) in [5, 5.41) is 2.81. The van der Waals surface area contributed by atoms with Crippen molar-refractivity contribution in [3.63, 3.8) is 0 Å². The third kappa shape index (κ3) is 6.14. The summed E-state index contributed by atoms with van der Waals surface area (Å²) < 4.78 is 33.0. The van der Waals surface area contributed by atoms with Crippen LogP contribution in [0.25, 0.3) is 0 Å². The summed E-state index contributed by atoms with van der Waals surface area (Å²) in [4.78, 5) is 12.5. The van der Waals surface area contributed by atoms with Crippen molar-refractivity contribution in [3.05, 3.63) is 83.9 Å². The van der Waals surface area contributed by atoms with E-state index in [1.54, 1.807) is 55.5 Å². The zero-order valence-corrected chi connectivity index (χ0v) is 20.2. The van der Waals surface area contributed by atoms with Crippen LogP contribution in [0, 0.1) is 6.92 Å². The molecule has 0 fully saturated rings. The fourth-order valence-corrected chi connectivity index (χ4v) is 4.81. The Morgan fingerprint density at radius 1 is 0.939 bits per heavy atom. The standard InChI is InChI=1S/C26H30N2O4S/c1-5-28(33(30,31)25-16-6-20(4)7-17-25)23-12-14-24(15-13-23)32-18-26(29)27-22-10-8-21(9-11-22)19(2)3/h6-17,19H,5,18H2,1-4H3,(H,27,29). The van der Waals surface area contributed by atoms with Crippen LogP contribution in [0.1, 0.15) is 37.8 Å². The van der Waals surface area contributed by atoms with Gasteiger partial charge in [0, 0.05) is 12.2 Å². The highest BCUT2D eigenvalue weighted by Crippen LogP contribution is 2.26. The van der Waals surface area contributed by atoms with E-state index in [9.17, 15) is 13.2 Å². The number of carbonyl (C=O) groups is 1. The van der Waals surface area contributed by atoms with Crippen LogP contribution in [0.2, 0.25) is 0 Å². The van der Waals surface area contributed by atoms with Crippen LogP contribution in [-0.4, -0.2) is 27.5 Å². The van der Waals surface area contributed by atoms with Crippen molar-refractivity contribution in [2.45, 2.75) is 38.5 Å². The van der Waals surface area contributed by atoms with Crippen LogP contribution in [-0.2, 0) is 14.8 Å². The first-order chi connectivity index (χ1) is 15.7. The van der Waals surface area contributed by atoms with Crippen molar-refractivity contribution in [1.29, 1.82) is 0 Å². The van der Waals surface area contributed by atoms with E-state index in [0.29, 0.717) is 23.0 Å². The second-order valence-corrected chi connectivity index (χ2v) is 9.95. The highest BCUT2D eigenvalue weighted by Gasteiger charge is 2.23. The third-order valence-electron chi connectivity index (χ3n) is 5.25. The molecule has 3 rings (SSSR count). The molecule has 0 aliphatic rings. The highest BCUT2D eigenvalue weighted by molar-refractivity contribution is 7.92. The van der Waals surface area contributed by atoms with E-state index in [-0.39, 0.29) is 24.0 Å². The number of amides is 1. The fraction of sp³-hybridized carbons (Fsp3) is 0.269. The molecule has 6 nitrogen and oxygen atoms in total. The summed E-state index contributed by atoms with van der Waals surface area (Å²) in [5.41, 5.74) is 3.44.